The predicted octanol–water partition coefficient (Wildman–Crippen LogP) is 3.35. The van der Waals surface area contributed by atoms with Crippen molar-refractivity contribution in [1.82, 2.24) is 5.32 Å². The number of esters is 1. The number of thioether (sulfide) groups is 1. The Hall–Kier alpha value is -0.890. The van der Waals surface area contributed by atoms with Crippen molar-refractivity contribution in [2.75, 3.05) is 18.8 Å². The molecule has 6 unspecified atom stereocenters. The Kier molecular flexibility index (Phi) is 7.34. The fourth-order valence-corrected chi connectivity index (χ4v) is 8.90. The molecule has 1 aliphatic heterocycles. The van der Waals surface area contributed by atoms with Gasteiger partial charge >= 0.3 is 5.97 Å². The molecule has 6 nitrogen and oxygen atoms in total. The minimum atomic E-state index is -0.656. The molecule has 3 saturated carbocycles. The summed E-state index contributed by atoms with van der Waals surface area (Å²) in [6.07, 6.45) is 4.72. The van der Waals surface area contributed by atoms with Crippen LogP contribution in [-0.4, -0.2) is 64.4 Å². The van der Waals surface area contributed by atoms with Crippen LogP contribution in [-0.2, 0) is 14.3 Å². The fraction of sp³-hybridized carbons (Fsp3) is 0.852. The van der Waals surface area contributed by atoms with E-state index in [0.717, 1.165) is 32.2 Å². The normalized spacial score (nSPS) is 49.0. The Morgan fingerprint density at radius 1 is 1.26 bits per heavy atom. The smallest absolute Gasteiger partial charge is 0.316 e. The number of hydrogen-bond donors (Lipinski definition) is 3. The zero-order chi connectivity index (χ0) is 24.9. The van der Waals surface area contributed by atoms with E-state index in [1.807, 2.05) is 13.0 Å². The third-order valence-electron chi connectivity index (χ3n) is 10.4. The van der Waals surface area contributed by atoms with Gasteiger partial charge in [-0.1, -0.05) is 33.8 Å². The number of ketones is 1. The molecule has 192 valence electrons. The Labute approximate surface area is 208 Å². The SMILES string of the molecule is C=C[C@]1(C)C[C@@H](OC(=O)CSC2CCNCC2O)[C@]2(C)C(C)CCC3(CCC(=O)C32)[C@@H](C)C1O. The number of rotatable bonds is 5. The minimum Gasteiger partial charge on any atom is -0.461 e. The molecule has 3 N–H and O–H groups in total. The molecule has 7 heteroatoms. The van der Waals surface area contributed by atoms with Gasteiger partial charge in [0.2, 0.25) is 0 Å². The predicted molar refractivity (Wildman–Crippen MR) is 134 cm³/mol. The molecule has 0 spiro atoms. The maximum absolute atomic E-state index is 13.4. The second kappa shape index (κ2) is 9.53. The largest absolute Gasteiger partial charge is 0.461 e. The van der Waals surface area contributed by atoms with E-state index in [0.29, 0.717) is 19.4 Å². The molecule has 34 heavy (non-hydrogen) atoms. The molecule has 1 heterocycles. The zero-order valence-corrected chi connectivity index (χ0v) is 22.0. The van der Waals surface area contributed by atoms with Gasteiger partial charge < -0.3 is 20.3 Å². The number of β-amino-alcohol motifs (C(OH)–C–C–N with tert-alkyl or cyclic N) is 1. The van der Waals surface area contributed by atoms with E-state index < -0.39 is 29.1 Å². The van der Waals surface area contributed by atoms with E-state index in [2.05, 4.69) is 32.7 Å². The molecule has 0 aromatic rings. The summed E-state index contributed by atoms with van der Waals surface area (Å²) in [4.78, 5) is 26.6. The van der Waals surface area contributed by atoms with E-state index in [-0.39, 0.29) is 45.9 Å². The van der Waals surface area contributed by atoms with Crippen LogP contribution in [0, 0.1) is 34.0 Å². The lowest BCUT2D eigenvalue weighted by atomic mass is 9.44. The van der Waals surface area contributed by atoms with E-state index in [1.165, 1.54) is 11.8 Å². The highest BCUT2D eigenvalue weighted by atomic mass is 32.2. The van der Waals surface area contributed by atoms with Crippen LogP contribution in [0.1, 0.15) is 66.2 Å². The Bertz CT molecular complexity index is 821. The Morgan fingerprint density at radius 3 is 2.68 bits per heavy atom. The van der Waals surface area contributed by atoms with Gasteiger partial charge in [-0.25, -0.2) is 0 Å². The molecule has 0 amide bonds. The number of hydrogen-bond acceptors (Lipinski definition) is 7. The first kappa shape index (κ1) is 26.2. The van der Waals surface area contributed by atoms with E-state index in [4.69, 9.17) is 4.74 Å². The highest BCUT2D eigenvalue weighted by Crippen LogP contribution is 2.68. The number of aliphatic hydroxyl groups excluding tert-OH is 2. The molecule has 3 aliphatic carbocycles. The zero-order valence-electron chi connectivity index (χ0n) is 21.2. The van der Waals surface area contributed by atoms with Crippen LogP contribution in [0.3, 0.4) is 0 Å². The molecule has 1 saturated heterocycles. The summed E-state index contributed by atoms with van der Waals surface area (Å²) < 4.78 is 6.28. The van der Waals surface area contributed by atoms with Crippen molar-refractivity contribution < 1.29 is 24.5 Å². The highest BCUT2D eigenvalue weighted by Gasteiger charge is 2.68. The molecule has 4 fully saturated rings. The number of carbonyl (C=O) groups excluding carboxylic acids is 2. The summed E-state index contributed by atoms with van der Waals surface area (Å²) in [5, 5.41) is 25.0. The van der Waals surface area contributed by atoms with Crippen LogP contribution in [0.15, 0.2) is 12.7 Å². The van der Waals surface area contributed by atoms with E-state index >= 15 is 0 Å². The third-order valence-corrected chi connectivity index (χ3v) is 11.8. The van der Waals surface area contributed by atoms with Crippen molar-refractivity contribution in [3.05, 3.63) is 12.7 Å². The lowest BCUT2D eigenvalue weighted by Gasteiger charge is -2.61. The van der Waals surface area contributed by atoms with Crippen molar-refractivity contribution in [3.8, 4) is 0 Å². The van der Waals surface area contributed by atoms with E-state index in [1.54, 1.807) is 0 Å². The highest BCUT2D eigenvalue weighted by molar-refractivity contribution is 8.00. The van der Waals surface area contributed by atoms with E-state index in [9.17, 15) is 19.8 Å². The van der Waals surface area contributed by atoms with Crippen molar-refractivity contribution >= 4 is 23.5 Å². The quantitative estimate of drug-likeness (QED) is 0.399. The molecule has 0 radical (unpaired) electrons. The first-order valence-electron chi connectivity index (χ1n) is 13.0. The van der Waals surface area contributed by atoms with Gasteiger partial charge in [0.1, 0.15) is 11.9 Å². The van der Waals surface area contributed by atoms with Crippen molar-refractivity contribution in [1.29, 1.82) is 0 Å². The van der Waals surface area contributed by atoms with Crippen molar-refractivity contribution in [2.45, 2.75) is 89.8 Å². The average Bonchev–Trinajstić information content (AvgIpc) is 3.17. The van der Waals surface area contributed by atoms with Gasteiger partial charge in [-0.2, -0.15) is 0 Å². The van der Waals surface area contributed by atoms with Gasteiger partial charge in [0.05, 0.1) is 18.0 Å². The fourth-order valence-electron chi connectivity index (χ4n) is 7.88. The minimum absolute atomic E-state index is 0.0143. The van der Waals surface area contributed by atoms with Crippen LogP contribution >= 0.6 is 11.8 Å². The number of piperidine rings is 1. The van der Waals surface area contributed by atoms with Crippen LogP contribution < -0.4 is 5.32 Å². The number of carbonyl (C=O) groups is 2. The van der Waals surface area contributed by atoms with Crippen LogP contribution in [0.25, 0.3) is 0 Å². The number of aliphatic hydroxyl groups is 2. The summed E-state index contributed by atoms with van der Waals surface area (Å²) in [5.41, 5.74) is -1.37. The van der Waals surface area contributed by atoms with Gasteiger partial charge in [-0.3, -0.25) is 9.59 Å². The van der Waals surface area contributed by atoms with Crippen molar-refractivity contribution in [3.63, 3.8) is 0 Å². The number of ether oxygens (including phenoxy) is 1. The number of Topliss-reactive ketones (excluding diaryl/α,β-unsaturated/α-hetero) is 1. The summed E-state index contributed by atoms with van der Waals surface area (Å²) in [7, 11) is 0. The van der Waals surface area contributed by atoms with Crippen LogP contribution in [0.5, 0.6) is 0 Å². The first-order chi connectivity index (χ1) is 16.0. The third kappa shape index (κ3) is 4.08. The topological polar surface area (TPSA) is 95.9 Å². The monoisotopic (exact) mass is 493 g/mol. The first-order valence-corrected chi connectivity index (χ1v) is 14.1. The van der Waals surface area contributed by atoms with Gasteiger partial charge in [0.15, 0.2) is 0 Å². The standard InChI is InChI=1S/C27H43NO5S/c1-6-25(4)13-21(33-22(31)15-34-20-9-12-28-14-19(20)30)26(5)16(2)7-10-27(17(3)24(25)32)11-8-18(29)23(26)27/h6,16-17,19-21,23-24,28,30,32H,1,7-15H2,2-5H3/t16?,17-,19?,20?,21+,23?,24?,25+,26-,27?/m0/s1. The lowest BCUT2D eigenvalue weighted by molar-refractivity contribution is -0.205. The maximum Gasteiger partial charge on any atom is 0.316 e. The molecule has 2 bridgehead atoms. The lowest BCUT2D eigenvalue weighted by Crippen LogP contribution is -2.63. The molecule has 0 aromatic heterocycles. The van der Waals surface area contributed by atoms with Gasteiger partial charge in [-0.15, -0.1) is 18.3 Å². The molecule has 4 rings (SSSR count). The Morgan fingerprint density at radius 2 is 2.00 bits per heavy atom. The molecule has 10 atom stereocenters. The summed E-state index contributed by atoms with van der Waals surface area (Å²) in [6.45, 7) is 13.9. The van der Waals surface area contributed by atoms with Crippen LogP contribution in [0.4, 0.5) is 0 Å². The number of nitrogens with one attached hydrogen (secondary N) is 1. The van der Waals surface area contributed by atoms with Gasteiger partial charge in [-0.05, 0) is 55.9 Å². The molecular weight excluding hydrogens is 450 g/mol. The Balaban J connectivity index is 1.65. The molecular formula is C27H43NO5S. The summed E-state index contributed by atoms with van der Waals surface area (Å²) in [6, 6.07) is 0. The second-order valence-electron chi connectivity index (χ2n) is 12.0. The molecule has 4 aliphatic rings. The van der Waals surface area contributed by atoms with Crippen LogP contribution in [0.2, 0.25) is 0 Å². The second-order valence-corrected chi connectivity index (χ2v) is 13.2. The van der Waals surface area contributed by atoms with Gasteiger partial charge in [0.25, 0.3) is 0 Å². The van der Waals surface area contributed by atoms with Gasteiger partial charge in [0, 0.05) is 35.0 Å². The summed E-state index contributed by atoms with van der Waals surface area (Å²) >= 11 is 1.46. The van der Waals surface area contributed by atoms with Crippen molar-refractivity contribution in [2.24, 2.45) is 34.0 Å². The molecule has 0 aromatic carbocycles. The summed E-state index contributed by atoms with van der Waals surface area (Å²) in [5.74, 6) is 0.123. The maximum atomic E-state index is 13.4. The average molecular weight is 494 g/mol.